The van der Waals surface area contributed by atoms with Gasteiger partial charge in [0.1, 0.15) is 11.5 Å². The molecule has 0 atom stereocenters. The highest BCUT2D eigenvalue weighted by atomic mass is 16.3. The van der Waals surface area contributed by atoms with E-state index in [0.717, 1.165) is 30.5 Å². The number of nitrogens with zero attached hydrogens (tertiary/aromatic N) is 1. The van der Waals surface area contributed by atoms with Gasteiger partial charge in [0.15, 0.2) is 0 Å². The van der Waals surface area contributed by atoms with Crippen LogP contribution in [0.15, 0.2) is 16.5 Å². The Hall–Kier alpha value is -0.800. The summed E-state index contributed by atoms with van der Waals surface area (Å²) in [6, 6.07) is 4.07. The van der Waals surface area contributed by atoms with Crippen molar-refractivity contribution in [3.63, 3.8) is 0 Å². The molecule has 1 aromatic rings. The van der Waals surface area contributed by atoms with E-state index in [1.54, 1.807) is 0 Å². The van der Waals surface area contributed by atoms with Gasteiger partial charge in [-0.15, -0.1) is 0 Å². The van der Waals surface area contributed by atoms with Crippen molar-refractivity contribution in [1.29, 1.82) is 0 Å². The van der Waals surface area contributed by atoms with Crippen LogP contribution in [0.2, 0.25) is 0 Å². The zero-order valence-corrected chi connectivity index (χ0v) is 10.5. The predicted octanol–water partition coefficient (Wildman–Crippen LogP) is 2.15. The maximum Gasteiger partial charge on any atom is 0.118 e. The van der Waals surface area contributed by atoms with E-state index in [2.05, 4.69) is 24.9 Å². The number of likely N-dealkylation sites (N-methyl/N-ethyl adjacent to an activating group) is 1. The molecule has 0 unspecified atom stereocenters. The van der Waals surface area contributed by atoms with Gasteiger partial charge >= 0.3 is 0 Å². The van der Waals surface area contributed by atoms with Gasteiger partial charge in [-0.2, -0.15) is 0 Å². The molecule has 0 saturated heterocycles. The molecule has 2 N–H and O–H groups in total. The van der Waals surface area contributed by atoms with Crippen molar-refractivity contribution in [2.45, 2.75) is 38.8 Å². The van der Waals surface area contributed by atoms with Gasteiger partial charge in [0.2, 0.25) is 0 Å². The molecule has 2 rings (SSSR count). The average molecular weight is 222 g/mol. The molecule has 1 aromatic heterocycles. The van der Waals surface area contributed by atoms with Crippen molar-refractivity contribution >= 4 is 0 Å². The molecule has 0 spiro atoms. The quantitative estimate of drug-likeness (QED) is 0.848. The van der Waals surface area contributed by atoms with Crippen molar-refractivity contribution < 1.29 is 4.42 Å². The Morgan fingerprint density at radius 2 is 2.19 bits per heavy atom. The minimum absolute atomic E-state index is 0.208. The van der Waals surface area contributed by atoms with E-state index in [0.29, 0.717) is 0 Å². The normalized spacial score (nSPS) is 29.4. The van der Waals surface area contributed by atoms with E-state index in [4.69, 9.17) is 10.2 Å². The number of rotatable bonds is 4. The van der Waals surface area contributed by atoms with Crippen LogP contribution in [-0.4, -0.2) is 24.0 Å². The average Bonchev–Trinajstić information content (AvgIpc) is 2.58. The second kappa shape index (κ2) is 4.22. The molecule has 90 valence electrons. The van der Waals surface area contributed by atoms with Crippen LogP contribution in [0.1, 0.15) is 31.3 Å². The summed E-state index contributed by atoms with van der Waals surface area (Å²) in [5, 5.41) is 0. The van der Waals surface area contributed by atoms with Gasteiger partial charge in [-0.3, -0.25) is 4.90 Å². The molecule has 1 fully saturated rings. The van der Waals surface area contributed by atoms with Crippen LogP contribution in [-0.2, 0) is 6.54 Å². The first kappa shape index (κ1) is 11.7. The Morgan fingerprint density at radius 3 is 2.62 bits per heavy atom. The van der Waals surface area contributed by atoms with Crippen LogP contribution < -0.4 is 5.73 Å². The molecule has 0 radical (unpaired) electrons. The number of hydrogen-bond acceptors (Lipinski definition) is 3. The monoisotopic (exact) mass is 222 g/mol. The SMILES string of the molecule is Cc1ccc(CN(C)C2(CN)CC(C)C2)o1. The van der Waals surface area contributed by atoms with Gasteiger partial charge in [0.05, 0.1) is 6.54 Å². The Balaban J connectivity index is 1.99. The molecule has 1 aliphatic carbocycles. The molecule has 0 amide bonds. The van der Waals surface area contributed by atoms with Crippen molar-refractivity contribution in [2.75, 3.05) is 13.6 Å². The zero-order valence-electron chi connectivity index (χ0n) is 10.5. The summed E-state index contributed by atoms with van der Waals surface area (Å²) >= 11 is 0. The minimum atomic E-state index is 0.208. The van der Waals surface area contributed by atoms with Crippen LogP contribution in [0.5, 0.6) is 0 Å². The van der Waals surface area contributed by atoms with Gasteiger partial charge in [-0.05, 0) is 44.9 Å². The van der Waals surface area contributed by atoms with E-state index in [1.165, 1.54) is 12.8 Å². The second-order valence-corrected chi connectivity index (χ2v) is 5.31. The van der Waals surface area contributed by atoms with Gasteiger partial charge in [-0.25, -0.2) is 0 Å². The third-order valence-corrected chi connectivity index (χ3v) is 3.84. The third kappa shape index (κ3) is 2.02. The second-order valence-electron chi connectivity index (χ2n) is 5.31. The topological polar surface area (TPSA) is 42.4 Å². The van der Waals surface area contributed by atoms with Crippen molar-refractivity contribution in [1.82, 2.24) is 4.90 Å². The van der Waals surface area contributed by atoms with E-state index >= 15 is 0 Å². The van der Waals surface area contributed by atoms with Crippen LogP contribution in [0.25, 0.3) is 0 Å². The standard InChI is InChI=1S/C13H22N2O/c1-10-6-13(7-10,9-14)15(3)8-12-5-4-11(2)16-12/h4-5,10H,6-9,14H2,1-3H3. The van der Waals surface area contributed by atoms with Crippen molar-refractivity contribution in [2.24, 2.45) is 11.7 Å². The summed E-state index contributed by atoms with van der Waals surface area (Å²) in [5.74, 6) is 2.82. The van der Waals surface area contributed by atoms with Crippen LogP contribution in [0.4, 0.5) is 0 Å². The molecule has 1 saturated carbocycles. The fourth-order valence-corrected chi connectivity index (χ4v) is 2.84. The van der Waals surface area contributed by atoms with E-state index < -0.39 is 0 Å². The lowest BCUT2D eigenvalue weighted by atomic mass is 9.68. The molecule has 1 aliphatic rings. The largest absolute Gasteiger partial charge is 0.465 e. The number of hydrogen-bond donors (Lipinski definition) is 1. The molecule has 1 heterocycles. The molecule has 3 heteroatoms. The summed E-state index contributed by atoms with van der Waals surface area (Å²) in [4.78, 5) is 2.35. The van der Waals surface area contributed by atoms with Gasteiger partial charge in [-0.1, -0.05) is 6.92 Å². The molecular formula is C13H22N2O. The van der Waals surface area contributed by atoms with Crippen molar-refractivity contribution in [3.05, 3.63) is 23.7 Å². The first-order valence-electron chi connectivity index (χ1n) is 6.02. The van der Waals surface area contributed by atoms with Gasteiger partial charge in [0.25, 0.3) is 0 Å². The highest BCUT2D eigenvalue weighted by Crippen LogP contribution is 2.41. The minimum Gasteiger partial charge on any atom is -0.465 e. The molecule has 0 aromatic carbocycles. The number of nitrogens with two attached hydrogens (primary N) is 1. The smallest absolute Gasteiger partial charge is 0.118 e. The first-order chi connectivity index (χ1) is 7.55. The lowest BCUT2D eigenvalue weighted by Gasteiger charge is -2.51. The van der Waals surface area contributed by atoms with Crippen LogP contribution in [0.3, 0.4) is 0 Å². The highest BCUT2D eigenvalue weighted by molar-refractivity contribution is 5.08. The van der Waals surface area contributed by atoms with E-state index in [-0.39, 0.29) is 5.54 Å². The summed E-state index contributed by atoms with van der Waals surface area (Å²) < 4.78 is 5.61. The Bertz CT molecular complexity index is 353. The fraction of sp³-hybridized carbons (Fsp3) is 0.692. The molecule has 0 bridgehead atoms. The Labute approximate surface area is 97.6 Å². The van der Waals surface area contributed by atoms with E-state index in [9.17, 15) is 0 Å². The maximum absolute atomic E-state index is 5.92. The lowest BCUT2D eigenvalue weighted by Crippen LogP contribution is -2.59. The van der Waals surface area contributed by atoms with Gasteiger partial charge < -0.3 is 10.2 Å². The summed E-state index contributed by atoms with van der Waals surface area (Å²) in [6.07, 6.45) is 2.42. The molecule has 16 heavy (non-hydrogen) atoms. The maximum atomic E-state index is 5.92. The molecular weight excluding hydrogens is 200 g/mol. The Morgan fingerprint density at radius 1 is 1.50 bits per heavy atom. The first-order valence-corrected chi connectivity index (χ1v) is 6.02. The molecule has 3 nitrogen and oxygen atoms in total. The predicted molar refractivity (Wildman–Crippen MR) is 65.1 cm³/mol. The lowest BCUT2D eigenvalue weighted by molar-refractivity contribution is -0.00351. The van der Waals surface area contributed by atoms with E-state index in [1.807, 2.05) is 13.0 Å². The highest BCUT2D eigenvalue weighted by Gasteiger charge is 2.44. The number of furan rings is 1. The van der Waals surface area contributed by atoms with Crippen molar-refractivity contribution in [3.8, 4) is 0 Å². The summed E-state index contributed by atoms with van der Waals surface area (Å²) in [6.45, 7) is 5.87. The number of aryl methyl sites for hydroxylation is 1. The summed E-state index contributed by atoms with van der Waals surface area (Å²) in [5.41, 5.74) is 6.13. The Kier molecular flexibility index (Phi) is 3.08. The fourth-order valence-electron chi connectivity index (χ4n) is 2.84. The summed E-state index contributed by atoms with van der Waals surface area (Å²) in [7, 11) is 2.15. The molecule has 0 aliphatic heterocycles. The third-order valence-electron chi connectivity index (χ3n) is 3.84. The van der Waals surface area contributed by atoms with Gasteiger partial charge in [0, 0.05) is 12.1 Å². The van der Waals surface area contributed by atoms with Crippen LogP contribution >= 0.6 is 0 Å². The zero-order chi connectivity index (χ0) is 11.8. The van der Waals surface area contributed by atoms with Crippen LogP contribution in [0, 0.1) is 12.8 Å².